The average molecular weight is 342 g/mol. The van der Waals surface area contributed by atoms with Gasteiger partial charge in [-0.25, -0.2) is 19.5 Å². The molecule has 3 rings (SSSR count). The van der Waals surface area contributed by atoms with Gasteiger partial charge in [0.1, 0.15) is 5.01 Å². The lowest BCUT2D eigenvalue weighted by molar-refractivity contribution is -0.134. The summed E-state index contributed by atoms with van der Waals surface area (Å²) in [5, 5.41) is 8.14. The number of nitrogens with zero attached hydrogens (tertiary/aromatic N) is 5. The van der Waals surface area contributed by atoms with Crippen molar-refractivity contribution in [1.82, 2.24) is 24.6 Å². The van der Waals surface area contributed by atoms with Gasteiger partial charge in [-0.1, -0.05) is 11.3 Å². The highest BCUT2D eigenvalue weighted by Crippen LogP contribution is 2.21. The van der Waals surface area contributed by atoms with Crippen molar-refractivity contribution in [2.24, 2.45) is 0 Å². The molecular weight excluding hydrogens is 329 g/mol. The van der Waals surface area contributed by atoms with E-state index in [1.54, 1.807) is 10.7 Å². The molecule has 0 fully saturated rings. The first-order chi connectivity index (χ1) is 10.9. The van der Waals surface area contributed by atoms with Gasteiger partial charge >= 0.3 is 6.18 Å². The van der Waals surface area contributed by atoms with Gasteiger partial charge < -0.3 is 5.32 Å². The second kappa shape index (κ2) is 6.11. The van der Waals surface area contributed by atoms with Gasteiger partial charge in [0.05, 0.1) is 18.4 Å². The van der Waals surface area contributed by atoms with Crippen LogP contribution in [0.25, 0.3) is 4.96 Å². The molecule has 10 heteroatoms. The molecule has 3 aromatic heterocycles. The van der Waals surface area contributed by atoms with Crippen molar-refractivity contribution in [3.8, 4) is 0 Å². The SMILES string of the molecule is Cc1nn2cc(CNc3nccc(CCC(F)(F)F)n3)nc2s1. The minimum absolute atomic E-state index is 0.163. The van der Waals surface area contributed by atoms with Gasteiger partial charge in [0, 0.05) is 18.3 Å². The van der Waals surface area contributed by atoms with E-state index in [1.807, 2.05) is 6.92 Å². The van der Waals surface area contributed by atoms with Crippen molar-refractivity contribution in [2.45, 2.75) is 32.5 Å². The van der Waals surface area contributed by atoms with Crippen LogP contribution in [-0.2, 0) is 13.0 Å². The first-order valence-corrected chi connectivity index (χ1v) is 7.65. The number of hydrogen-bond acceptors (Lipinski definition) is 6. The third kappa shape index (κ3) is 4.15. The summed E-state index contributed by atoms with van der Waals surface area (Å²) in [4.78, 5) is 13.3. The van der Waals surface area contributed by atoms with E-state index in [0.29, 0.717) is 12.2 Å². The van der Waals surface area contributed by atoms with Crippen molar-refractivity contribution >= 4 is 22.2 Å². The monoisotopic (exact) mass is 342 g/mol. The average Bonchev–Trinajstić information content (AvgIpc) is 2.99. The summed E-state index contributed by atoms with van der Waals surface area (Å²) in [6.45, 7) is 2.27. The van der Waals surface area contributed by atoms with Gasteiger partial charge in [0.25, 0.3) is 0 Å². The molecule has 0 aliphatic carbocycles. The first kappa shape index (κ1) is 15.7. The molecule has 0 spiro atoms. The lowest BCUT2D eigenvalue weighted by atomic mass is 10.2. The molecule has 0 atom stereocenters. The van der Waals surface area contributed by atoms with Gasteiger partial charge in [-0.05, 0) is 19.4 Å². The van der Waals surface area contributed by atoms with Crippen LogP contribution in [0.2, 0.25) is 0 Å². The Balaban J connectivity index is 1.62. The van der Waals surface area contributed by atoms with E-state index >= 15 is 0 Å². The van der Waals surface area contributed by atoms with Crippen LogP contribution in [0.4, 0.5) is 19.1 Å². The molecule has 0 saturated heterocycles. The fraction of sp³-hybridized carbons (Fsp3) is 0.385. The molecule has 0 amide bonds. The van der Waals surface area contributed by atoms with Gasteiger partial charge in [0.15, 0.2) is 0 Å². The number of nitrogens with one attached hydrogen (secondary N) is 1. The zero-order valence-electron chi connectivity index (χ0n) is 12.1. The Labute approximate surface area is 133 Å². The zero-order valence-corrected chi connectivity index (χ0v) is 12.9. The predicted molar refractivity (Wildman–Crippen MR) is 79.3 cm³/mol. The third-order valence-corrected chi connectivity index (χ3v) is 3.84. The number of anilines is 1. The second-order valence-electron chi connectivity index (χ2n) is 4.92. The smallest absolute Gasteiger partial charge is 0.348 e. The molecule has 3 heterocycles. The van der Waals surface area contributed by atoms with E-state index < -0.39 is 12.6 Å². The summed E-state index contributed by atoms with van der Waals surface area (Å²) in [6.07, 6.45) is -2.02. The number of alkyl halides is 3. The Bertz CT molecular complexity index is 778. The Morgan fingerprint density at radius 2 is 2.09 bits per heavy atom. The number of rotatable bonds is 5. The van der Waals surface area contributed by atoms with E-state index in [9.17, 15) is 13.2 Å². The highest BCUT2D eigenvalue weighted by Gasteiger charge is 2.26. The summed E-state index contributed by atoms with van der Waals surface area (Å²) in [6, 6.07) is 1.48. The maximum atomic E-state index is 12.2. The van der Waals surface area contributed by atoms with Gasteiger partial charge in [-0.2, -0.15) is 18.3 Å². The van der Waals surface area contributed by atoms with Crippen molar-refractivity contribution in [2.75, 3.05) is 5.32 Å². The van der Waals surface area contributed by atoms with Crippen molar-refractivity contribution in [1.29, 1.82) is 0 Å². The van der Waals surface area contributed by atoms with E-state index in [-0.39, 0.29) is 12.4 Å². The van der Waals surface area contributed by atoms with Crippen LogP contribution in [0.15, 0.2) is 18.5 Å². The molecule has 0 saturated carbocycles. The number of aromatic nitrogens is 5. The van der Waals surface area contributed by atoms with Gasteiger partial charge in [-0.15, -0.1) is 0 Å². The predicted octanol–water partition coefficient (Wildman–Crippen LogP) is 3.00. The van der Waals surface area contributed by atoms with Gasteiger partial charge in [0.2, 0.25) is 10.9 Å². The van der Waals surface area contributed by atoms with E-state index in [1.165, 1.54) is 23.6 Å². The lowest BCUT2D eigenvalue weighted by Gasteiger charge is -2.07. The summed E-state index contributed by atoms with van der Waals surface area (Å²) in [5.41, 5.74) is 1.11. The van der Waals surface area contributed by atoms with Crippen LogP contribution in [0, 0.1) is 6.92 Å². The molecule has 0 aliphatic heterocycles. The minimum Gasteiger partial charge on any atom is -0.348 e. The van der Waals surface area contributed by atoms with Crippen LogP contribution in [0.5, 0.6) is 0 Å². The molecule has 0 bridgehead atoms. The Morgan fingerprint density at radius 3 is 2.83 bits per heavy atom. The van der Waals surface area contributed by atoms with E-state index in [2.05, 4.69) is 25.4 Å². The highest BCUT2D eigenvalue weighted by atomic mass is 32.1. The topological polar surface area (TPSA) is 68.0 Å². The summed E-state index contributed by atoms with van der Waals surface area (Å²) < 4.78 is 38.4. The molecule has 1 N–H and O–H groups in total. The van der Waals surface area contributed by atoms with Crippen LogP contribution < -0.4 is 5.32 Å². The molecule has 23 heavy (non-hydrogen) atoms. The fourth-order valence-electron chi connectivity index (χ4n) is 1.99. The van der Waals surface area contributed by atoms with Crippen LogP contribution in [-0.4, -0.2) is 30.7 Å². The zero-order chi connectivity index (χ0) is 16.4. The largest absolute Gasteiger partial charge is 0.389 e. The molecule has 0 aromatic carbocycles. The van der Waals surface area contributed by atoms with Crippen molar-refractivity contribution in [3.05, 3.63) is 34.9 Å². The molecule has 0 unspecified atom stereocenters. The Hall–Kier alpha value is -2.23. The maximum Gasteiger partial charge on any atom is 0.389 e. The molecule has 0 aliphatic rings. The summed E-state index contributed by atoms with van der Waals surface area (Å²) in [7, 11) is 0. The summed E-state index contributed by atoms with van der Waals surface area (Å²) >= 11 is 1.48. The van der Waals surface area contributed by atoms with Gasteiger partial charge in [-0.3, -0.25) is 0 Å². The normalized spacial score (nSPS) is 12.0. The maximum absolute atomic E-state index is 12.2. The minimum atomic E-state index is -4.19. The fourth-order valence-corrected chi connectivity index (χ4v) is 2.73. The van der Waals surface area contributed by atoms with E-state index in [0.717, 1.165) is 15.7 Å². The molecule has 3 aromatic rings. The van der Waals surface area contributed by atoms with Crippen LogP contribution >= 0.6 is 11.3 Å². The highest BCUT2D eigenvalue weighted by molar-refractivity contribution is 7.16. The van der Waals surface area contributed by atoms with Crippen molar-refractivity contribution in [3.63, 3.8) is 0 Å². The summed E-state index contributed by atoms with van der Waals surface area (Å²) in [5.74, 6) is 0.283. The molecule has 122 valence electrons. The number of hydrogen-bond donors (Lipinski definition) is 1. The van der Waals surface area contributed by atoms with Crippen LogP contribution in [0.1, 0.15) is 22.8 Å². The second-order valence-corrected chi connectivity index (χ2v) is 6.08. The standard InChI is InChI=1S/C13H13F3N6S/c1-8-21-22-7-10(20-12(22)23-8)6-18-11-17-5-3-9(19-11)2-4-13(14,15)16/h3,5,7H,2,4,6H2,1H3,(H,17,18,19). The Kier molecular flexibility index (Phi) is 4.16. The quantitative estimate of drug-likeness (QED) is 0.772. The number of halogens is 3. The molecule has 0 radical (unpaired) electrons. The third-order valence-electron chi connectivity index (χ3n) is 3.00. The Morgan fingerprint density at radius 1 is 1.26 bits per heavy atom. The number of aryl methyl sites for hydroxylation is 2. The van der Waals surface area contributed by atoms with E-state index in [4.69, 9.17) is 0 Å². The molecular formula is C13H13F3N6S. The van der Waals surface area contributed by atoms with Crippen LogP contribution in [0.3, 0.4) is 0 Å². The first-order valence-electron chi connectivity index (χ1n) is 6.83. The lowest BCUT2D eigenvalue weighted by Crippen LogP contribution is -2.10. The number of imidazole rings is 1. The van der Waals surface area contributed by atoms with Crippen molar-refractivity contribution < 1.29 is 13.2 Å². The number of fused-ring (bicyclic) bond motifs is 1. The molecule has 6 nitrogen and oxygen atoms in total.